The predicted octanol–water partition coefficient (Wildman–Crippen LogP) is 4.21. The third-order valence-corrected chi connectivity index (χ3v) is 4.50. The maximum Gasteiger partial charge on any atom is 0.271 e. The minimum Gasteiger partial charge on any atom is -0.507 e. The number of hydrogen-bond donors (Lipinski definition) is 2. The summed E-state index contributed by atoms with van der Waals surface area (Å²) in [6.45, 7) is 0. The van der Waals surface area contributed by atoms with Crippen LogP contribution in [0.5, 0.6) is 5.75 Å². The van der Waals surface area contributed by atoms with Gasteiger partial charge in [-0.3, -0.25) is 15.1 Å². The Labute approximate surface area is 140 Å². The van der Waals surface area contributed by atoms with Gasteiger partial charge in [0.2, 0.25) is 0 Å². The van der Waals surface area contributed by atoms with Crippen molar-refractivity contribution in [2.24, 2.45) is 0 Å². The predicted molar refractivity (Wildman–Crippen MR) is 93.0 cm³/mol. The standard InChI is InChI=1S/C16H11BrN2O2S/c17-11-6-7-13(20)10(8-11)9-14-15(21)19(16(18)22-14)12-4-2-1-3-5-12/h1-9,18,20H/b14-9-,18-16?. The van der Waals surface area contributed by atoms with Crippen LogP contribution >= 0.6 is 27.7 Å². The zero-order chi connectivity index (χ0) is 15.7. The Morgan fingerprint density at radius 2 is 1.91 bits per heavy atom. The van der Waals surface area contributed by atoms with Gasteiger partial charge in [0.15, 0.2) is 5.17 Å². The molecule has 22 heavy (non-hydrogen) atoms. The number of benzene rings is 2. The number of amidine groups is 1. The first-order chi connectivity index (χ1) is 10.6. The number of carbonyl (C=O) groups is 1. The fourth-order valence-electron chi connectivity index (χ4n) is 2.08. The number of thioether (sulfide) groups is 1. The Bertz CT molecular complexity index is 790. The highest BCUT2D eigenvalue weighted by Crippen LogP contribution is 2.36. The number of rotatable bonds is 2. The first-order valence-corrected chi connectivity index (χ1v) is 8.03. The smallest absolute Gasteiger partial charge is 0.271 e. The van der Waals surface area contributed by atoms with Crippen LogP contribution in [0.1, 0.15) is 5.56 Å². The fraction of sp³-hybridized carbons (Fsp3) is 0. The average Bonchev–Trinajstić information content (AvgIpc) is 2.78. The van der Waals surface area contributed by atoms with Gasteiger partial charge in [0.1, 0.15) is 5.75 Å². The van der Waals surface area contributed by atoms with Crippen molar-refractivity contribution >= 4 is 50.5 Å². The number of anilines is 1. The van der Waals surface area contributed by atoms with Gasteiger partial charge in [-0.2, -0.15) is 0 Å². The fourth-order valence-corrected chi connectivity index (χ4v) is 3.31. The maximum atomic E-state index is 12.5. The summed E-state index contributed by atoms with van der Waals surface area (Å²) in [6, 6.07) is 14.1. The minimum atomic E-state index is -0.263. The Hall–Kier alpha value is -2.05. The second-order valence-corrected chi connectivity index (χ2v) is 6.54. The molecule has 2 aromatic carbocycles. The van der Waals surface area contributed by atoms with E-state index in [-0.39, 0.29) is 16.8 Å². The van der Waals surface area contributed by atoms with Crippen LogP contribution in [0.25, 0.3) is 6.08 Å². The molecule has 2 N–H and O–H groups in total. The van der Waals surface area contributed by atoms with E-state index in [1.54, 1.807) is 36.4 Å². The van der Waals surface area contributed by atoms with Crippen molar-refractivity contribution in [3.05, 3.63) is 63.5 Å². The second-order valence-electron chi connectivity index (χ2n) is 4.60. The van der Waals surface area contributed by atoms with E-state index >= 15 is 0 Å². The molecule has 1 fully saturated rings. The number of phenols is 1. The van der Waals surface area contributed by atoms with Crippen LogP contribution in [0.2, 0.25) is 0 Å². The molecule has 0 aromatic heterocycles. The highest BCUT2D eigenvalue weighted by atomic mass is 79.9. The summed E-state index contributed by atoms with van der Waals surface area (Å²) in [6.07, 6.45) is 1.60. The van der Waals surface area contributed by atoms with E-state index in [4.69, 9.17) is 5.41 Å². The molecule has 0 unspecified atom stereocenters. The van der Waals surface area contributed by atoms with Crippen LogP contribution in [-0.4, -0.2) is 16.2 Å². The molecule has 0 radical (unpaired) electrons. The molecular formula is C16H11BrN2O2S. The van der Waals surface area contributed by atoms with Crippen LogP contribution in [0.4, 0.5) is 5.69 Å². The third-order valence-electron chi connectivity index (χ3n) is 3.11. The van der Waals surface area contributed by atoms with Crippen molar-refractivity contribution in [1.82, 2.24) is 0 Å². The van der Waals surface area contributed by atoms with E-state index in [0.29, 0.717) is 16.2 Å². The van der Waals surface area contributed by atoms with Crippen LogP contribution < -0.4 is 4.90 Å². The summed E-state index contributed by atoms with van der Waals surface area (Å²) in [5.74, 6) is -0.172. The Kier molecular flexibility index (Phi) is 4.04. The molecule has 1 aliphatic rings. The number of nitrogens with one attached hydrogen (secondary N) is 1. The van der Waals surface area contributed by atoms with Crippen molar-refractivity contribution in [3.63, 3.8) is 0 Å². The van der Waals surface area contributed by atoms with Crippen LogP contribution in [0.3, 0.4) is 0 Å². The number of amides is 1. The van der Waals surface area contributed by atoms with Crippen molar-refractivity contribution in [2.45, 2.75) is 0 Å². The lowest BCUT2D eigenvalue weighted by molar-refractivity contribution is -0.113. The van der Waals surface area contributed by atoms with Crippen molar-refractivity contribution in [1.29, 1.82) is 5.41 Å². The monoisotopic (exact) mass is 374 g/mol. The van der Waals surface area contributed by atoms with Gasteiger partial charge in [-0.1, -0.05) is 34.1 Å². The molecule has 1 saturated heterocycles. The summed E-state index contributed by atoms with van der Waals surface area (Å²) in [5.41, 5.74) is 1.19. The van der Waals surface area contributed by atoms with E-state index in [9.17, 15) is 9.90 Å². The third kappa shape index (κ3) is 2.80. The molecule has 0 spiro atoms. The average molecular weight is 375 g/mol. The molecular weight excluding hydrogens is 364 g/mol. The number of hydrogen-bond acceptors (Lipinski definition) is 4. The van der Waals surface area contributed by atoms with Crippen LogP contribution in [0.15, 0.2) is 57.9 Å². The summed E-state index contributed by atoms with van der Waals surface area (Å²) >= 11 is 4.42. The minimum absolute atomic E-state index is 0.0915. The molecule has 4 nitrogen and oxygen atoms in total. The van der Waals surface area contributed by atoms with Crippen LogP contribution in [-0.2, 0) is 4.79 Å². The first kappa shape index (κ1) is 14.9. The molecule has 6 heteroatoms. The van der Waals surface area contributed by atoms with E-state index in [2.05, 4.69) is 15.9 Å². The number of para-hydroxylation sites is 1. The zero-order valence-corrected chi connectivity index (χ0v) is 13.7. The molecule has 1 aliphatic heterocycles. The van der Waals surface area contributed by atoms with Crippen molar-refractivity contribution < 1.29 is 9.90 Å². The summed E-state index contributed by atoms with van der Waals surface area (Å²) in [4.78, 5) is 14.3. The molecule has 0 aliphatic carbocycles. The highest BCUT2D eigenvalue weighted by molar-refractivity contribution is 9.10. The van der Waals surface area contributed by atoms with Crippen molar-refractivity contribution in [2.75, 3.05) is 4.90 Å². The van der Waals surface area contributed by atoms with E-state index in [1.807, 2.05) is 18.2 Å². The van der Waals surface area contributed by atoms with Gasteiger partial charge < -0.3 is 5.11 Å². The largest absolute Gasteiger partial charge is 0.507 e. The molecule has 0 bridgehead atoms. The first-order valence-electron chi connectivity index (χ1n) is 6.42. The molecule has 0 atom stereocenters. The van der Waals surface area contributed by atoms with E-state index in [0.717, 1.165) is 16.2 Å². The van der Waals surface area contributed by atoms with E-state index < -0.39 is 0 Å². The van der Waals surface area contributed by atoms with Gasteiger partial charge in [0, 0.05) is 10.0 Å². The molecule has 1 amide bonds. The topological polar surface area (TPSA) is 64.4 Å². The normalized spacial score (nSPS) is 16.6. The lowest BCUT2D eigenvalue weighted by atomic mass is 10.2. The highest BCUT2D eigenvalue weighted by Gasteiger charge is 2.33. The Balaban J connectivity index is 1.97. The summed E-state index contributed by atoms with van der Waals surface area (Å²) in [5, 5.41) is 18.0. The molecule has 2 aromatic rings. The number of carbonyl (C=O) groups excluding carboxylic acids is 1. The van der Waals surface area contributed by atoms with Gasteiger partial charge >= 0.3 is 0 Å². The van der Waals surface area contributed by atoms with Crippen LogP contribution in [0, 0.1) is 5.41 Å². The van der Waals surface area contributed by atoms with Gasteiger partial charge in [-0.05, 0) is 48.2 Å². The second kappa shape index (κ2) is 5.98. The Morgan fingerprint density at radius 3 is 2.64 bits per heavy atom. The van der Waals surface area contributed by atoms with Gasteiger partial charge in [0.25, 0.3) is 5.91 Å². The SMILES string of the molecule is N=C1S/C(=C\c2cc(Br)ccc2O)C(=O)N1c1ccccc1. The molecule has 1 heterocycles. The molecule has 0 saturated carbocycles. The number of phenolic OH excluding ortho intramolecular Hbond substituents is 1. The van der Waals surface area contributed by atoms with E-state index in [1.165, 1.54) is 4.90 Å². The van der Waals surface area contributed by atoms with Gasteiger partial charge in [0.05, 0.1) is 10.6 Å². The Morgan fingerprint density at radius 1 is 1.18 bits per heavy atom. The zero-order valence-electron chi connectivity index (χ0n) is 11.3. The molecule has 3 rings (SSSR count). The maximum absolute atomic E-state index is 12.5. The lowest BCUT2D eigenvalue weighted by Gasteiger charge is -2.13. The number of aromatic hydroxyl groups is 1. The number of nitrogens with zero attached hydrogens (tertiary/aromatic N) is 1. The summed E-state index contributed by atoms with van der Waals surface area (Å²) < 4.78 is 0.808. The molecule has 110 valence electrons. The summed E-state index contributed by atoms with van der Waals surface area (Å²) in [7, 11) is 0. The van der Waals surface area contributed by atoms with Gasteiger partial charge in [-0.25, -0.2) is 0 Å². The quantitative estimate of drug-likeness (QED) is 0.773. The lowest BCUT2D eigenvalue weighted by Crippen LogP contribution is -2.27. The van der Waals surface area contributed by atoms with Crippen molar-refractivity contribution in [3.8, 4) is 5.75 Å². The van der Waals surface area contributed by atoms with Gasteiger partial charge in [-0.15, -0.1) is 0 Å². The number of halogens is 1.